The van der Waals surface area contributed by atoms with Gasteiger partial charge in [0.1, 0.15) is 0 Å². The lowest BCUT2D eigenvalue weighted by Crippen LogP contribution is -2.46. The first-order chi connectivity index (χ1) is 11.6. The molecule has 126 valence electrons. The molecule has 24 heavy (non-hydrogen) atoms. The zero-order valence-corrected chi connectivity index (χ0v) is 13.3. The van der Waals surface area contributed by atoms with E-state index in [1.54, 1.807) is 24.3 Å². The molecule has 0 spiro atoms. The molecule has 1 aromatic carbocycles. The van der Waals surface area contributed by atoms with E-state index in [0.29, 0.717) is 49.7 Å². The Morgan fingerprint density at radius 2 is 1.21 bits per heavy atom. The summed E-state index contributed by atoms with van der Waals surface area (Å²) in [5, 5.41) is 5.40. The molecular formula is C18H20N2O4. The lowest BCUT2D eigenvalue weighted by atomic mass is 9.88. The maximum atomic E-state index is 12.8. The molecule has 2 aliphatic rings. The van der Waals surface area contributed by atoms with Crippen LogP contribution in [-0.4, -0.2) is 35.5 Å². The van der Waals surface area contributed by atoms with Gasteiger partial charge in [0.05, 0.1) is 12.1 Å². The van der Waals surface area contributed by atoms with Gasteiger partial charge >= 0.3 is 0 Å². The van der Waals surface area contributed by atoms with Crippen molar-refractivity contribution in [2.75, 3.05) is 0 Å². The van der Waals surface area contributed by atoms with E-state index in [4.69, 9.17) is 0 Å². The van der Waals surface area contributed by atoms with Gasteiger partial charge in [0, 0.05) is 24.0 Å². The summed E-state index contributed by atoms with van der Waals surface area (Å²) in [5.74, 6) is -0.755. The number of rotatable bonds is 4. The Hall–Kier alpha value is -2.50. The van der Waals surface area contributed by atoms with Crippen LogP contribution in [-0.2, 0) is 9.59 Å². The average molecular weight is 328 g/mol. The Morgan fingerprint density at radius 3 is 1.58 bits per heavy atom. The fourth-order valence-corrected chi connectivity index (χ4v) is 3.29. The molecule has 2 amide bonds. The van der Waals surface area contributed by atoms with Crippen molar-refractivity contribution in [2.45, 2.75) is 50.6 Å². The number of Topliss-reactive ketones (excluding diaryl/α,β-unsaturated/α-hetero) is 2. The van der Waals surface area contributed by atoms with Crippen molar-refractivity contribution >= 4 is 23.4 Å². The molecule has 2 heterocycles. The molecule has 0 aliphatic carbocycles. The number of nitrogens with one attached hydrogen (secondary N) is 2. The van der Waals surface area contributed by atoms with E-state index >= 15 is 0 Å². The molecule has 2 N–H and O–H groups in total. The minimum atomic E-state index is -0.582. The molecule has 0 radical (unpaired) electrons. The minimum absolute atomic E-state index is 0.136. The second kappa shape index (κ2) is 6.95. The molecule has 6 heteroatoms. The Bertz CT molecular complexity index is 639. The van der Waals surface area contributed by atoms with Crippen LogP contribution in [0.4, 0.5) is 0 Å². The van der Waals surface area contributed by atoms with Crippen molar-refractivity contribution in [2.24, 2.45) is 0 Å². The maximum Gasteiger partial charge on any atom is 0.220 e. The number of amides is 2. The van der Waals surface area contributed by atoms with E-state index in [0.717, 1.165) is 0 Å². The first kappa shape index (κ1) is 16.4. The zero-order chi connectivity index (χ0) is 17.1. The molecular weight excluding hydrogens is 308 g/mol. The Morgan fingerprint density at radius 1 is 0.792 bits per heavy atom. The summed E-state index contributed by atoms with van der Waals surface area (Å²) in [6.07, 6.45) is 3.34. The summed E-state index contributed by atoms with van der Waals surface area (Å²) < 4.78 is 0. The SMILES string of the molecule is O=C1CCCC(C(=O)c2ccccc2C(=O)C2CCCC(=O)N2)N1. The number of hydrogen-bond donors (Lipinski definition) is 2. The van der Waals surface area contributed by atoms with Gasteiger partial charge in [0.15, 0.2) is 11.6 Å². The van der Waals surface area contributed by atoms with E-state index in [9.17, 15) is 19.2 Å². The molecule has 0 saturated carbocycles. The van der Waals surface area contributed by atoms with Crippen LogP contribution in [0.15, 0.2) is 24.3 Å². The largest absolute Gasteiger partial charge is 0.346 e. The topological polar surface area (TPSA) is 92.3 Å². The molecule has 2 unspecified atom stereocenters. The van der Waals surface area contributed by atoms with Crippen LogP contribution < -0.4 is 10.6 Å². The highest BCUT2D eigenvalue weighted by Gasteiger charge is 2.31. The average Bonchev–Trinajstić information content (AvgIpc) is 2.60. The van der Waals surface area contributed by atoms with Crippen molar-refractivity contribution in [3.63, 3.8) is 0 Å². The van der Waals surface area contributed by atoms with E-state index in [-0.39, 0.29) is 23.4 Å². The summed E-state index contributed by atoms with van der Waals surface area (Å²) in [4.78, 5) is 48.6. The van der Waals surface area contributed by atoms with Crippen LogP contribution in [0.3, 0.4) is 0 Å². The second-order valence-corrected chi connectivity index (χ2v) is 6.30. The number of carbonyl (C=O) groups excluding carboxylic acids is 4. The van der Waals surface area contributed by atoms with Crippen molar-refractivity contribution in [3.05, 3.63) is 35.4 Å². The molecule has 2 saturated heterocycles. The number of hydrogen-bond acceptors (Lipinski definition) is 4. The van der Waals surface area contributed by atoms with Gasteiger partial charge < -0.3 is 10.6 Å². The van der Waals surface area contributed by atoms with Gasteiger partial charge in [-0.2, -0.15) is 0 Å². The van der Waals surface area contributed by atoms with Crippen LogP contribution in [0.25, 0.3) is 0 Å². The van der Waals surface area contributed by atoms with Gasteiger partial charge in [-0.25, -0.2) is 0 Å². The second-order valence-electron chi connectivity index (χ2n) is 6.30. The smallest absolute Gasteiger partial charge is 0.220 e. The molecule has 6 nitrogen and oxygen atoms in total. The summed E-state index contributed by atoms with van der Waals surface area (Å²) in [6.45, 7) is 0. The molecule has 2 fully saturated rings. The standard InChI is InChI=1S/C18H20N2O4/c21-15-9-3-7-13(19-15)17(23)11-5-1-2-6-12(11)18(24)14-8-4-10-16(22)20-14/h1-2,5-6,13-14H,3-4,7-10H2,(H,19,21)(H,20,22). The van der Waals surface area contributed by atoms with Gasteiger partial charge in [-0.3, -0.25) is 19.2 Å². The predicted octanol–water partition coefficient (Wildman–Crippen LogP) is 1.39. The maximum absolute atomic E-state index is 12.8. The van der Waals surface area contributed by atoms with Crippen LogP contribution >= 0.6 is 0 Å². The summed E-state index contributed by atoms with van der Waals surface area (Å²) in [7, 11) is 0. The molecule has 2 aliphatic heterocycles. The van der Waals surface area contributed by atoms with Crippen LogP contribution in [0, 0.1) is 0 Å². The lowest BCUT2D eigenvalue weighted by molar-refractivity contribution is -0.123. The fraction of sp³-hybridized carbons (Fsp3) is 0.444. The lowest BCUT2D eigenvalue weighted by Gasteiger charge is -2.25. The van der Waals surface area contributed by atoms with Gasteiger partial charge in [0.25, 0.3) is 0 Å². The monoisotopic (exact) mass is 328 g/mol. The Kier molecular flexibility index (Phi) is 4.74. The molecule has 2 atom stereocenters. The fourth-order valence-electron chi connectivity index (χ4n) is 3.29. The summed E-state index contributed by atoms with van der Waals surface area (Å²) in [6, 6.07) is 5.46. The van der Waals surface area contributed by atoms with Gasteiger partial charge in [-0.05, 0) is 25.7 Å². The third-order valence-corrected chi connectivity index (χ3v) is 4.55. The number of ketones is 2. The van der Waals surface area contributed by atoms with E-state index < -0.39 is 12.1 Å². The highest BCUT2D eigenvalue weighted by Crippen LogP contribution is 2.20. The number of benzene rings is 1. The highest BCUT2D eigenvalue weighted by molar-refractivity contribution is 6.13. The van der Waals surface area contributed by atoms with E-state index in [2.05, 4.69) is 10.6 Å². The van der Waals surface area contributed by atoms with Crippen molar-refractivity contribution < 1.29 is 19.2 Å². The highest BCUT2D eigenvalue weighted by atomic mass is 16.2. The van der Waals surface area contributed by atoms with Crippen LogP contribution in [0.1, 0.15) is 59.2 Å². The van der Waals surface area contributed by atoms with Crippen LogP contribution in [0.2, 0.25) is 0 Å². The van der Waals surface area contributed by atoms with Gasteiger partial charge in [-0.1, -0.05) is 24.3 Å². The molecule has 3 rings (SSSR count). The number of piperidine rings is 2. The van der Waals surface area contributed by atoms with Crippen molar-refractivity contribution in [1.29, 1.82) is 0 Å². The Labute approximate surface area is 140 Å². The predicted molar refractivity (Wildman–Crippen MR) is 86.7 cm³/mol. The first-order valence-electron chi connectivity index (χ1n) is 8.32. The molecule has 0 bridgehead atoms. The molecule has 1 aromatic rings. The van der Waals surface area contributed by atoms with Gasteiger partial charge in [-0.15, -0.1) is 0 Å². The van der Waals surface area contributed by atoms with Crippen molar-refractivity contribution in [1.82, 2.24) is 10.6 Å². The van der Waals surface area contributed by atoms with Crippen LogP contribution in [0.5, 0.6) is 0 Å². The van der Waals surface area contributed by atoms with E-state index in [1.807, 2.05) is 0 Å². The third-order valence-electron chi connectivity index (χ3n) is 4.55. The Balaban J connectivity index is 1.84. The van der Waals surface area contributed by atoms with Crippen molar-refractivity contribution in [3.8, 4) is 0 Å². The number of carbonyl (C=O) groups is 4. The third kappa shape index (κ3) is 3.37. The molecule has 0 aromatic heterocycles. The quantitative estimate of drug-likeness (QED) is 0.817. The first-order valence-corrected chi connectivity index (χ1v) is 8.32. The summed E-state index contributed by atoms with van der Waals surface area (Å²) >= 11 is 0. The normalized spacial score (nSPS) is 24.0. The minimum Gasteiger partial charge on any atom is -0.346 e. The van der Waals surface area contributed by atoms with E-state index in [1.165, 1.54) is 0 Å². The zero-order valence-electron chi connectivity index (χ0n) is 13.3. The van der Waals surface area contributed by atoms with Gasteiger partial charge in [0.2, 0.25) is 11.8 Å². The summed E-state index contributed by atoms with van der Waals surface area (Å²) in [5.41, 5.74) is 0.629.